The second-order valence-corrected chi connectivity index (χ2v) is 12.5. The van der Waals surface area contributed by atoms with E-state index in [1.165, 1.54) is 23.0 Å². The van der Waals surface area contributed by atoms with Crippen LogP contribution < -0.4 is 29.1 Å². The van der Waals surface area contributed by atoms with E-state index in [2.05, 4.69) is 60.8 Å². The van der Waals surface area contributed by atoms with Crippen molar-refractivity contribution in [1.29, 1.82) is 0 Å². The Bertz CT molecular complexity index is 1860. The van der Waals surface area contributed by atoms with Crippen molar-refractivity contribution < 1.29 is 33.3 Å². The molecule has 10 nitrogen and oxygen atoms in total. The lowest BCUT2D eigenvalue weighted by Gasteiger charge is -2.25. The van der Waals surface area contributed by atoms with Crippen molar-refractivity contribution in [2.24, 2.45) is 4.99 Å². The molecule has 0 N–H and O–H groups in total. The highest BCUT2D eigenvalue weighted by Crippen LogP contribution is 2.36. The summed E-state index contributed by atoms with van der Waals surface area (Å²) in [7, 11) is 1.27. The van der Waals surface area contributed by atoms with E-state index in [9.17, 15) is 14.4 Å². The second kappa shape index (κ2) is 15.1. The number of esters is 2. The summed E-state index contributed by atoms with van der Waals surface area (Å²) < 4.78 is 31.0. The first kappa shape index (κ1) is 33.5. The smallest absolute Gasteiger partial charge is 0.343 e. The Hall–Kier alpha value is -3.36. The molecule has 0 saturated carbocycles. The highest BCUT2D eigenvalue weighted by Gasteiger charge is 2.34. The fraction of sp³-hybridized carbons (Fsp3) is 0.290. The monoisotopic (exact) mass is 842 g/mol. The lowest BCUT2D eigenvalue weighted by atomic mass is 9.95. The predicted molar refractivity (Wildman–Crippen MR) is 182 cm³/mol. The maximum absolute atomic E-state index is 14.1. The molecule has 13 heteroatoms. The molecule has 2 heterocycles. The molecule has 1 aromatic heterocycles. The minimum atomic E-state index is -0.880. The van der Waals surface area contributed by atoms with Crippen LogP contribution in [0, 0.1) is 19.5 Å². The van der Waals surface area contributed by atoms with Crippen molar-refractivity contribution >= 4 is 74.5 Å². The molecule has 1 aliphatic heterocycles. The Balaban J connectivity index is 1.93. The average molecular weight is 842 g/mol. The molecule has 0 aliphatic carbocycles. The fourth-order valence-corrected chi connectivity index (χ4v) is 7.56. The van der Waals surface area contributed by atoms with Crippen LogP contribution in [0.5, 0.6) is 17.2 Å². The van der Waals surface area contributed by atoms with Gasteiger partial charge in [-0.2, -0.15) is 0 Å². The summed E-state index contributed by atoms with van der Waals surface area (Å²) in [5.41, 5.74) is 1.54. The Morgan fingerprint density at radius 1 is 1.11 bits per heavy atom. The molecule has 2 aromatic carbocycles. The molecule has 0 radical (unpaired) electrons. The zero-order valence-electron chi connectivity index (χ0n) is 24.3. The summed E-state index contributed by atoms with van der Waals surface area (Å²) in [6.45, 7) is 5.43. The summed E-state index contributed by atoms with van der Waals surface area (Å²) in [5, 5.41) is 0. The van der Waals surface area contributed by atoms with Gasteiger partial charge < -0.3 is 23.7 Å². The average Bonchev–Trinajstić information content (AvgIpc) is 3.29. The number of ether oxygens (including phenoxy) is 5. The largest absolute Gasteiger partial charge is 0.490 e. The molecular weight excluding hydrogens is 814 g/mol. The van der Waals surface area contributed by atoms with Crippen LogP contribution in [0.2, 0.25) is 0 Å². The number of carbonyl (C=O) groups is 2. The number of terminal acetylenes is 1. The van der Waals surface area contributed by atoms with Gasteiger partial charge in [0, 0.05) is 9.13 Å². The molecule has 0 bridgehead atoms. The Morgan fingerprint density at radius 2 is 1.89 bits per heavy atom. The third kappa shape index (κ3) is 7.29. The lowest BCUT2D eigenvalue weighted by molar-refractivity contribution is -0.143. The molecule has 3 aromatic rings. The van der Waals surface area contributed by atoms with Crippen molar-refractivity contribution in [3.63, 3.8) is 0 Å². The minimum Gasteiger partial charge on any atom is -0.490 e. The summed E-state index contributed by atoms with van der Waals surface area (Å²) in [6, 6.07) is 8.00. The number of nitrogens with zero attached hydrogens (tertiary/aromatic N) is 2. The van der Waals surface area contributed by atoms with Crippen LogP contribution >= 0.6 is 56.5 Å². The third-order valence-electron chi connectivity index (χ3n) is 6.30. The van der Waals surface area contributed by atoms with Gasteiger partial charge in [-0.05, 0) is 102 Å². The van der Waals surface area contributed by atoms with Crippen LogP contribution in [-0.2, 0) is 19.1 Å². The SMILES string of the molecule is C#CCOc1c(I)cc(I)cc1/C=c1/sc2n(c1=O)[C@H](c1ccc(OCC(=O)OC)c(OCC)c1)C(C(=O)OCC)=C(C)N=2. The Labute approximate surface area is 285 Å². The van der Waals surface area contributed by atoms with E-state index in [-0.39, 0.29) is 31.0 Å². The van der Waals surface area contributed by atoms with Crippen LogP contribution in [0.1, 0.15) is 37.9 Å². The van der Waals surface area contributed by atoms with Crippen LogP contribution in [-0.4, -0.2) is 50.0 Å². The third-order valence-corrected chi connectivity index (χ3v) is 8.70. The molecule has 230 valence electrons. The van der Waals surface area contributed by atoms with E-state index in [0.29, 0.717) is 50.0 Å². The van der Waals surface area contributed by atoms with Crippen LogP contribution in [0.25, 0.3) is 6.08 Å². The predicted octanol–water partition coefficient (Wildman–Crippen LogP) is 3.97. The van der Waals surface area contributed by atoms with Gasteiger partial charge in [0.05, 0.1) is 45.7 Å². The number of thiazole rings is 1. The summed E-state index contributed by atoms with van der Waals surface area (Å²) in [6.07, 6.45) is 7.18. The molecule has 0 fully saturated rings. The number of hydrogen-bond donors (Lipinski definition) is 0. The van der Waals surface area contributed by atoms with Crippen molar-refractivity contribution in [1.82, 2.24) is 4.57 Å². The van der Waals surface area contributed by atoms with Gasteiger partial charge in [0.2, 0.25) is 0 Å². The van der Waals surface area contributed by atoms with Crippen molar-refractivity contribution in [3.8, 4) is 29.6 Å². The van der Waals surface area contributed by atoms with Crippen LogP contribution in [0.4, 0.5) is 0 Å². The fourth-order valence-electron chi connectivity index (χ4n) is 4.48. The zero-order chi connectivity index (χ0) is 32.0. The number of methoxy groups -OCH3 is 1. The number of hydrogen-bond acceptors (Lipinski definition) is 10. The molecule has 0 amide bonds. The number of allylic oxidation sites excluding steroid dienone is 1. The summed E-state index contributed by atoms with van der Waals surface area (Å²) in [4.78, 5) is 44.2. The minimum absolute atomic E-state index is 0.0717. The molecule has 0 saturated heterocycles. The maximum atomic E-state index is 14.1. The Kier molecular flexibility index (Phi) is 11.5. The van der Waals surface area contributed by atoms with Gasteiger partial charge >= 0.3 is 11.9 Å². The van der Waals surface area contributed by atoms with Gasteiger partial charge in [-0.1, -0.05) is 23.3 Å². The standard InChI is InChI=1S/C31H28I2N2O8S/c1-6-11-42-28-19(12-20(32)15-21(28)33)14-24-29(37)35-27(26(30(38)41-8-3)17(4)34-31(35)44-24)18-9-10-22(23(13-18)40-7-2)43-16-25(36)39-5/h1,9-10,12-15,27H,7-8,11,16H2,2-5H3/b24-14+/t27-/m1/s1. The van der Waals surface area contributed by atoms with Crippen molar-refractivity contribution in [2.75, 3.05) is 33.5 Å². The molecule has 0 spiro atoms. The maximum Gasteiger partial charge on any atom is 0.343 e. The Morgan fingerprint density at radius 3 is 2.57 bits per heavy atom. The molecule has 44 heavy (non-hydrogen) atoms. The molecule has 0 unspecified atom stereocenters. The van der Waals surface area contributed by atoms with Gasteiger partial charge in [-0.15, -0.1) is 6.42 Å². The van der Waals surface area contributed by atoms with Crippen LogP contribution in [0.3, 0.4) is 0 Å². The number of fused-ring (bicyclic) bond motifs is 1. The van der Waals surface area contributed by atoms with Gasteiger partial charge in [-0.3, -0.25) is 9.36 Å². The van der Waals surface area contributed by atoms with E-state index in [0.717, 1.165) is 7.14 Å². The van der Waals surface area contributed by atoms with E-state index >= 15 is 0 Å². The highest BCUT2D eigenvalue weighted by molar-refractivity contribution is 14.1. The topological polar surface area (TPSA) is 115 Å². The van der Waals surface area contributed by atoms with Crippen molar-refractivity contribution in [2.45, 2.75) is 26.8 Å². The number of carbonyl (C=O) groups excluding carboxylic acids is 2. The second-order valence-electron chi connectivity index (χ2n) is 9.11. The normalized spacial score (nSPS) is 14.3. The van der Waals surface area contributed by atoms with E-state index in [4.69, 9.17) is 25.4 Å². The van der Waals surface area contributed by atoms with Crippen LogP contribution in [0.15, 0.2) is 51.4 Å². The zero-order valence-corrected chi connectivity index (χ0v) is 29.4. The van der Waals surface area contributed by atoms with Gasteiger partial charge in [0.15, 0.2) is 22.9 Å². The first-order chi connectivity index (χ1) is 21.1. The summed E-state index contributed by atoms with van der Waals surface area (Å²) in [5.74, 6) is 2.54. The quantitative estimate of drug-likeness (QED) is 0.162. The lowest BCUT2D eigenvalue weighted by Crippen LogP contribution is -2.40. The molecular formula is C31H28I2N2O8S. The highest BCUT2D eigenvalue weighted by atomic mass is 127. The number of halogens is 2. The first-order valence-corrected chi connectivity index (χ1v) is 16.3. The molecule has 4 rings (SSSR count). The van der Waals surface area contributed by atoms with Gasteiger partial charge in [-0.25, -0.2) is 14.6 Å². The number of benzene rings is 2. The van der Waals surface area contributed by atoms with E-state index in [1.54, 1.807) is 45.0 Å². The first-order valence-electron chi connectivity index (χ1n) is 13.3. The molecule has 1 atom stereocenters. The van der Waals surface area contributed by atoms with E-state index < -0.39 is 18.0 Å². The van der Waals surface area contributed by atoms with Crippen molar-refractivity contribution in [3.05, 3.63) is 79.6 Å². The number of rotatable bonds is 11. The van der Waals surface area contributed by atoms with Gasteiger partial charge in [0.1, 0.15) is 12.4 Å². The summed E-state index contributed by atoms with van der Waals surface area (Å²) >= 11 is 5.57. The molecule has 1 aliphatic rings. The van der Waals surface area contributed by atoms with E-state index in [1.807, 2.05) is 12.1 Å². The number of aromatic nitrogens is 1. The van der Waals surface area contributed by atoms with Gasteiger partial charge in [0.25, 0.3) is 5.56 Å².